The summed E-state index contributed by atoms with van der Waals surface area (Å²) in [6.07, 6.45) is 1.61. The molecule has 3 atom stereocenters. The highest BCUT2D eigenvalue weighted by molar-refractivity contribution is 8.01. The van der Waals surface area contributed by atoms with Crippen LogP contribution in [-0.2, 0) is 19.1 Å². The van der Waals surface area contributed by atoms with Crippen molar-refractivity contribution in [3.8, 4) is 0 Å². The fourth-order valence-corrected chi connectivity index (χ4v) is 4.07. The Hall–Kier alpha value is -2.02. The summed E-state index contributed by atoms with van der Waals surface area (Å²) in [5, 5.41) is 2.25. The first-order valence-electron chi connectivity index (χ1n) is 9.40. The Kier molecular flexibility index (Phi) is 7.71. The number of hydrogen-bond acceptors (Lipinski definition) is 5. The molecule has 0 radical (unpaired) electrons. The number of ether oxygens (including phenoxy) is 1. The number of para-hydroxylation sites is 1. The summed E-state index contributed by atoms with van der Waals surface area (Å²) in [6.45, 7) is 7.74. The van der Waals surface area contributed by atoms with Crippen molar-refractivity contribution in [2.24, 2.45) is 0 Å². The van der Waals surface area contributed by atoms with Gasteiger partial charge in [0.1, 0.15) is 0 Å². The second kappa shape index (κ2) is 9.78. The molecular weight excluding hydrogens is 364 g/mol. The highest BCUT2D eigenvalue weighted by atomic mass is 32.2. The van der Waals surface area contributed by atoms with Crippen molar-refractivity contribution in [3.05, 3.63) is 24.3 Å². The number of benzene rings is 1. The molecule has 1 aromatic rings. The molecule has 1 aliphatic heterocycles. The molecule has 0 aliphatic carbocycles. The topological polar surface area (TPSA) is 75.7 Å². The summed E-state index contributed by atoms with van der Waals surface area (Å²) in [5.41, 5.74) is 0.755. The number of esters is 1. The molecule has 1 aromatic carbocycles. The van der Waals surface area contributed by atoms with E-state index in [1.54, 1.807) is 4.90 Å². The predicted octanol–water partition coefficient (Wildman–Crippen LogP) is 3.46. The van der Waals surface area contributed by atoms with Crippen LogP contribution in [0.5, 0.6) is 0 Å². The number of carbonyl (C=O) groups is 3. The minimum atomic E-state index is -0.553. The number of amides is 2. The number of carbonyl (C=O) groups excluding carboxylic acids is 3. The average molecular weight is 393 g/mol. The van der Waals surface area contributed by atoms with E-state index in [0.29, 0.717) is 0 Å². The smallest absolute Gasteiger partial charge is 0.307 e. The molecule has 1 N–H and O–H groups in total. The number of thioether (sulfide) groups is 1. The van der Waals surface area contributed by atoms with Crippen LogP contribution in [0.1, 0.15) is 47.0 Å². The van der Waals surface area contributed by atoms with Gasteiger partial charge in [0.05, 0.1) is 17.4 Å². The molecule has 0 aromatic heterocycles. The third kappa shape index (κ3) is 5.48. The monoisotopic (exact) mass is 392 g/mol. The first-order valence-corrected chi connectivity index (χ1v) is 10.3. The number of rotatable bonds is 8. The largest absolute Gasteiger partial charge is 0.456 e. The maximum absolute atomic E-state index is 12.5. The molecule has 0 saturated heterocycles. The predicted molar refractivity (Wildman–Crippen MR) is 107 cm³/mol. The fraction of sp³-hybridized carbons (Fsp3) is 0.550. The van der Waals surface area contributed by atoms with Gasteiger partial charge in [0.15, 0.2) is 6.61 Å². The zero-order valence-electron chi connectivity index (χ0n) is 16.4. The van der Waals surface area contributed by atoms with Crippen LogP contribution in [0, 0.1) is 0 Å². The standard InChI is InChI=1S/C20H28N2O4S/c1-5-13(3)22(14(4)6-2)18(23)12-26-19(24)11-17-20(25)21-15-9-7-8-10-16(15)27-17/h7-10,13-14,17H,5-6,11-12H2,1-4H3,(H,21,25)/t13-,14-,17+/m0/s1. The van der Waals surface area contributed by atoms with E-state index in [9.17, 15) is 14.4 Å². The van der Waals surface area contributed by atoms with E-state index in [1.807, 2.05) is 52.0 Å². The third-order valence-electron chi connectivity index (χ3n) is 4.83. The maximum atomic E-state index is 12.5. The molecule has 0 saturated carbocycles. The summed E-state index contributed by atoms with van der Waals surface area (Å²) in [5.74, 6) is -0.954. The summed E-state index contributed by atoms with van der Waals surface area (Å²) < 4.78 is 5.19. The van der Waals surface area contributed by atoms with Crippen LogP contribution < -0.4 is 5.32 Å². The van der Waals surface area contributed by atoms with Crippen molar-refractivity contribution >= 4 is 35.2 Å². The van der Waals surface area contributed by atoms with Gasteiger partial charge in [-0.2, -0.15) is 0 Å². The molecule has 2 rings (SSSR count). The first kappa shape index (κ1) is 21.3. The average Bonchev–Trinajstić information content (AvgIpc) is 2.66. The highest BCUT2D eigenvalue weighted by Gasteiger charge is 2.30. The highest BCUT2D eigenvalue weighted by Crippen LogP contribution is 2.36. The van der Waals surface area contributed by atoms with Crippen LogP contribution in [0.4, 0.5) is 5.69 Å². The number of hydrogen-bond donors (Lipinski definition) is 1. The van der Waals surface area contributed by atoms with Crippen molar-refractivity contribution in [2.45, 2.75) is 69.2 Å². The van der Waals surface area contributed by atoms with Crippen molar-refractivity contribution < 1.29 is 19.1 Å². The molecule has 7 heteroatoms. The van der Waals surface area contributed by atoms with Gasteiger partial charge in [-0.05, 0) is 38.8 Å². The van der Waals surface area contributed by atoms with E-state index in [4.69, 9.17) is 4.74 Å². The van der Waals surface area contributed by atoms with Gasteiger partial charge in [0.2, 0.25) is 5.91 Å². The number of fused-ring (bicyclic) bond motifs is 1. The van der Waals surface area contributed by atoms with Crippen LogP contribution in [0.3, 0.4) is 0 Å². The van der Waals surface area contributed by atoms with Gasteiger partial charge in [-0.15, -0.1) is 11.8 Å². The second-order valence-electron chi connectivity index (χ2n) is 6.77. The molecule has 0 bridgehead atoms. The van der Waals surface area contributed by atoms with E-state index in [-0.39, 0.29) is 36.9 Å². The first-order chi connectivity index (χ1) is 12.9. The lowest BCUT2D eigenvalue weighted by molar-refractivity contribution is -0.154. The summed E-state index contributed by atoms with van der Waals surface area (Å²) >= 11 is 1.34. The summed E-state index contributed by atoms with van der Waals surface area (Å²) in [4.78, 5) is 39.6. The van der Waals surface area contributed by atoms with Crippen LogP contribution in [0.25, 0.3) is 0 Å². The lowest BCUT2D eigenvalue weighted by Crippen LogP contribution is -2.46. The van der Waals surface area contributed by atoms with E-state index < -0.39 is 11.2 Å². The van der Waals surface area contributed by atoms with E-state index in [1.165, 1.54) is 11.8 Å². The van der Waals surface area contributed by atoms with E-state index in [0.717, 1.165) is 23.4 Å². The van der Waals surface area contributed by atoms with Crippen molar-refractivity contribution in [1.29, 1.82) is 0 Å². The molecule has 6 nitrogen and oxygen atoms in total. The Morgan fingerprint density at radius 3 is 2.44 bits per heavy atom. The van der Waals surface area contributed by atoms with Gasteiger partial charge in [0, 0.05) is 17.0 Å². The van der Waals surface area contributed by atoms with Gasteiger partial charge < -0.3 is 15.0 Å². The molecular formula is C20H28N2O4S. The molecule has 0 fully saturated rings. The Balaban J connectivity index is 1.90. The fourth-order valence-electron chi connectivity index (χ4n) is 2.97. The van der Waals surface area contributed by atoms with Gasteiger partial charge >= 0.3 is 5.97 Å². The number of nitrogens with one attached hydrogen (secondary N) is 1. The minimum Gasteiger partial charge on any atom is -0.456 e. The normalized spacial score (nSPS) is 18.1. The molecule has 2 amide bonds. The van der Waals surface area contributed by atoms with Gasteiger partial charge in [-0.3, -0.25) is 14.4 Å². The van der Waals surface area contributed by atoms with Crippen molar-refractivity contribution in [1.82, 2.24) is 4.90 Å². The third-order valence-corrected chi connectivity index (χ3v) is 6.11. The Labute approximate surface area is 165 Å². The van der Waals surface area contributed by atoms with E-state index >= 15 is 0 Å². The van der Waals surface area contributed by atoms with Gasteiger partial charge in [-0.1, -0.05) is 26.0 Å². The maximum Gasteiger partial charge on any atom is 0.307 e. The lowest BCUT2D eigenvalue weighted by atomic mass is 10.1. The van der Waals surface area contributed by atoms with Crippen LogP contribution in [-0.4, -0.2) is 46.6 Å². The second-order valence-corrected chi connectivity index (χ2v) is 8.02. The van der Waals surface area contributed by atoms with Crippen LogP contribution in [0.2, 0.25) is 0 Å². The van der Waals surface area contributed by atoms with Gasteiger partial charge in [-0.25, -0.2) is 0 Å². The Morgan fingerprint density at radius 1 is 1.19 bits per heavy atom. The minimum absolute atomic E-state index is 0.0647. The molecule has 1 heterocycles. The SMILES string of the molecule is CC[C@H](C)N(C(=O)COC(=O)C[C@H]1Sc2ccccc2NC1=O)[C@@H](C)CC. The molecule has 148 valence electrons. The molecule has 0 unspecified atom stereocenters. The summed E-state index contributed by atoms with van der Waals surface area (Å²) in [7, 11) is 0. The van der Waals surface area contributed by atoms with Crippen molar-refractivity contribution in [3.63, 3.8) is 0 Å². The summed E-state index contributed by atoms with van der Waals surface area (Å²) in [6, 6.07) is 7.63. The molecule has 1 aliphatic rings. The zero-order chi connectivity index (χ0) is 20.0. The number of nitrogens with zero attached hydrogens (tertiary/aromatic N) is 1. The van der Waals surface area contributed by atoms with E-state index in [2.05, 4.69) is 5.32 Å². The Bertz CT molecular complexity index is 684. The molecule has 0 spiro atoms. The Morgan fingerprint density at radius 2 is 1.81 bits per heavy atom. The number of anilines is 1. The lowest BCUT2D eigenvalue weighted by Gasteiger charge is -2.33. The van der Waals surface area contributed by atoms with Gasteiger partial charge in [0.25, 0.3) is 5.91 Å². The quantitative estimate of drug-likeness (QED) is 0.686. The van der Waals surface area contributed by atoms with Crippen molar-refractivity contribution in [2.75, 3.05) is 11.9 Å². The van der Waals surface area contributed by atoms with Crippen LogP contribution >= 0.6 is 11.8 Å². The molecule has 27 heavy (non-hydrogen) atoms. The zero-order valence-corrected chi connectivity index (χ0v) is 17.2. The van der Waals surface area contributed by atoms with Crippen LogP contribution in [0.15, 0.2) is 29.2 Å².